The van der Waals surface area contributed by atoms with Crippen molar-refractivity contribution in [1.29, 1.82) is 0 Å². The maximum absolute atomic E-state index is 8.71. The van der Waals surface area contributed by atoms with Gasteiger partial charge in [-0.1, -0.05) is 6.92 Å². The van der Waals surface area contributed by atoms with Crippen LogP contribution in [0.3, 0.4) is 0 Å². The van der Waals surface area contributed by atoms with Crippen molar-refractivity contribution in [2.24, 2.45) is 0 Å². The van der Waals surface area contributed by atoms with E-state index in [2.05, 4.69) is 11.1 Å². The molecule has 0 spiro atoms. The molecule has 1 radical (unpaired) electrons. The quantitative estimate of drug-likeness (QED) is 0.606. The zero-order chi connectivity index (χ0) is 6.69. The smallest absolute Gasteiger partial charge is 0.211 e. The normalized spacial score (nSPS) is 9.44. The Bertz CT molecular complexity index is 181. The van der Waals surface area contributed by atoms with Gasteiger partial charge in [0.2, 0.25) is 5.88 Å². The lowest BCUT2D eigenvalue weighted by atomic mass is 10.2. The Morgan fingerprint density at radius 1 is 1.78 bits per heavy atom. The molecule has 1 N–H and O–H groups in total. The Morgan fingerprint density at radius 2 is 2.56 bits per heavy atom. The fraction of sp³-hybridized carbons (Fsp3) is 0.286. The topological polar surface area (TPSA) is 33.1 Å². The van der Waals surface area contributed by atoms with Crippen molar-refractivity contribution in [3.63, 3.8) is 0 Å². The molecule has 2 heteroatoms. The van der Waals surface area contributed by atoms with Crippen LogP contribution >= 0.6 is 0 Å². The van der Waals surface area contributed by atoms with Crippen LogP contribution in [0, 0.1) is 6.07 Å². The summed E-state index contributed by atoms with van der Waals surface area (Å²) >= 11 is 0. The van der Waals surface area contributed by atoms with Crippen LogP contribution in [0.15, 0.2) is 12.3 Å². The van der Waals surface area contributed by atoms with E-state index < -0.39 is 0 Å². The second-order valence-electron chi connectivity index (χ2n) is 1.78. The van der Waals surface area contributed by atoms with Crippen LogP contribution in [0.4, 0.5) is 0 Å². The van der Waals surface area contributed by atoms with Crippen molar-refractivity contribution in [1.82, 2.24) is 4.98 Å². The first-order chi connectivity index (χ1) is 4.33. The minimum absolute atomic E-state index is 0.0344. The van der Waals surface area contributed by atoms with Crippen molar-refractivity contribution in [3.8, 4) is 5.88 Å². The van der Waals surface area contributed by atoms with E-state index in [0.29, 0.717) is 0 Å². The van der Waals surface area contributed by atoms with E-state index in [0.717, 1.165) is 12.0 Å². The maximum Gasteiger partial charge on any atom is 0.211 e. The van der Waals surface area contributed by atoms with Gasteiger partial charge in [-0.25, -0.2) is 4.98 Å². The van der Waals surface area contributed by atoms with Crippen molar-refractivity contribution in [2.45, 2.75) is 13.3 Å². The average molecular weight is 122 g/mol. The lowest BCUT2D eigenvalue weighted by Crippen LogP contribution is -1.80. The van der Waals surface area contributed by atoms with Crippen LogP contribution in [0.2, 0.25) is 0 Å². The first kappa shape index (κ1) is 6.08. The predicted molar refractivity (Wildman–Crippen MR) is 34.1 cm³/mol. The van der Waals surface area contributed by atoms with E-state index in [1.807, 2.05) is 6.92 Å². The largest absolute Gasteiger partial charge is 0.493 e. The van der Waals surface area contributed by atoms with Gasteiger partial charge in [-0.3, -0.25) is 0 Å². The molecule has 0 aliphatic heterocycles. The van der Waals surface area contributed by atoms with Crippen LogP contribution < -0.4 is 0 Å². The van der Waals surface area contributed by atoms with Crippen molar-refractivity contribution >= 4 is 0 Å². The molecule has 0 unspecified atom stereocenters. The average Bonchev–Trinajstić information content (AvgIpc) is 1.90. The predicted octanol–water partition coefficient (Wildman–Crippen LogP) is 1.15. The number of pyridine rings is 1. The molecule has 0 atom stereocenters. The fourth-order valence-electron chi connectivity index (χ4n) is 0.569. The minimum Gasteiger partial charge on any atom is -0.493 e. The molecule has 0 aliphatic carbocycles. The van der Waals surface area contributed by atoms with Crippen LogP contribution in [-0.2, 0) is 6.42 Å². The van der Waals surface area contributed by atoms with E-state index in [1.165, 1.54) is 6.07 Å². The van der Waals surface area contributed by atoms with Gasteiger partial charge in [0.25, 0.3) is 0 Å². The van der Waals surface area contributed by atoms with Crippen LogP contribution in [0.25, 0.3) is 0 Å². The summed E-state index contributed by atoms with van der Waals surface area (Å²) in [5.41, 5.74) is 1.02. The number of aromatic hydroxyl groups is 1. The highest BCUT2D eigenvalue weighted by molar-refractivity contribution is 5.14. The fourth-order valence-corrected chi connectivity index (χ4v) is 0.569. The minimum atomic E-state index is 0.0344. The van der Waals surface area contributed by atoms with Gasteiger partial charge < -0.3 is 5.11 Å². The van der Waals surface area contributed by atoms with Gasteiger partial charge in [-0.15, -0.1) is 0 Å². The second-order valence-corrected chi connectivity index (χ2v) is 1.78. The number of hydrogen-bond donors (Lipinski definition) is 1. The lowest BCUT2D eigenvalue weighted by molar-refractivity contribution is 0.453. The molecule has 0 saturated carbocycles. The molecule has 0 saturated heterocycles. The molecule has 0 bridgehead atoms. The van der Waals surface area contributed by atoms with Crippen LogP contribution in [0.5, 0.6) is 5.88 Å². The first-order valence-electron chi connectivity index (χ1n) is 2.88. The summed E-state index contributed by atoms with van der Waals surface area (Å²) in [6, 6.07) is 4.34. The number of aryl methyl sites for hydroxylation is 1. The van der Waals surface area contributed by atoms with Crippen molar-refractivity contribution in [2.75, 3.05) is 0 Å². The van der Waals surface area contributed by atoms with Crippen LogP contribution in [0.1, 0.15) is 12.5 Å². The Morgan fingerprint density at radius 3 is 3.00 bits per heavy atom. The third-order valence-electron chi connectivity index (χ3n) is 1.12. The number of aromatic nitrogens is 1. The summed E-state index contributed by atoms with van der Waals surface area (Å²) in [5.74, 6) is 0.0344. The molecule has 0 aromatic carbocycles. The Kier molecular flexibility index (Phi) is 1.68. The molecule has 0 fully saturated rings. The van der Waals surface area contributed by atoms with Gasteiger partial charge in [-0.2, -0.15) is 0 Å². The lowest BCUT2D eigenvalue weighted by Gasteiger charge is -1.91. The van der Waals surface area contributed by atoms with E-state index in [1.54, 1.807) is 6.20 Å². The van der Waals surface area contributed by atoms with Gasteiger partial charge >= 0.3 is 0 Å². The molecule has 0 aliphatic rings. The number of hydrogen-bond acceptors (Lipinski definition) is 2. The van der Waals surface area contributed by atoms with E-state index in [9.17, 15) is 0 Å². The summed E-state index contributed by atoms with van der Waals surface area (Å²) in [7, 11) is 0. The van der Waals surface area contributed by atoms with E-state index in [-0.39, 0.29) is 5.88 Å². The van der Waals surface area contributed by atoms with Crippen molar-refractivity contribution in [3.05, 3.63) is 23.9 Å². The monoisotopic (exact) mass is 122 g/mol. The molecule has 1 aromatic rings. The van der Waals surface area contributed by atoms with Crippen molar-refractivity contribution < 1.29 is 5.11 Å². The number of rotatable bonds is 1. The molecule has 2 nitrogen and oxygen atoms in total. The molecule has 9 heavy (non-hydrogen) atoms. The van der Waals surface area contributed by atoms with Crippen LogP contribution in [-0.4, -0.2) is 10.1 Å². The summed E-state index contributed by atoms with van der Waals surface area (Å²) in [5, 5.41) is 8.71. The Balaban J connectivity index is 2.88. The van der Waals surface area contributed by atoms with Gasteiger partial charge in [0.1, 0.15) is 0 Å². The molecule has 47 valence electrons. The molecular weight excluding hydrogens is 114 g/mol. The molecule has 1 aromatic heterocycles. The third kappa shape index (κ3) is 1.42. The van der Waals surface area contributed by atoms with Gasteiger partial charge in [0.05, 0.1) is 0 Å². The first-order valence-corrected chi connectivity index (χ1v) is 2.88. The van der Waals surface area contributed by atoms with Gasteiger partial charge in [0.15, 0.2) is 0 Å². The number of nitrogens with zero attached hydrogens (tertiary/aromatic N) is 1. The highest BCUT2D eigenvalue weighted by atomic mass is 16.3. The highest BCUT2D eigenvalue weighted by Gasteiger charge is 1.88. The summed E-state index contributed by atoms with van der Waals surface area (Å²) in [6.45, 7) is 2.02. The Labute approximate surface area is 54.2 Å². The third-order valence-corrected chi connectivity index (χ3v) is 1.12. The zero-order valence-corrected chi connectivity index (χ0v) is 5.26. The molecule has 0 amide bonds. The van der Waals surface area contributed by atoms with Gasteiger partial charge in [0, 0.05) is 12.3 Å². The summed E-state index contributed by atoms with van der Waals surface area (Å²) in [6.07, 6.45) is 2.53. The van der Waals surface area contributed by atoms with E-state index >= 15 is 0 Å². The molecule has 1 rings (SSSR count). The Hall–Kier alpha value is -1.05. The molecule has 1 heterocycles. The van der Waals surface area contributed by atoms with E-state index in [4.69, 9.17) is 5.11 Å². The standard InChI is InChI=1S/C7H8NO/c1-2-6-3-4-7(9)8-5-6/h4-5H,2H2,1H3,(H,8,9). The zero-order valence-electron chi connectivity index (χ0n) is 5.26. The molecular formula is C7H8NO. The second kappa shape index (κ2) is 2.49. The summed E-state index contributed by atoms with van der Waals surface area (Å²) < 4.78 is 0. The summed E-state index contributed by atoms with van der Waals surface area (Å²) in [4.78, 5) is 3.67. The maximum atomic E-state index is 8.71. The van der Waals surface area contributed by atoms with Gasteiger partial charge in [-0.05, 0) is 18.1 Å². The highest BCUT2D eigenvalue weighted by Crippen LogP contribution is 2.03. The SMILES string of the molecule is CCc1[c]cc(O)nc1.